The molecule has 0 radical (unpaired) electrons. The molecule has 0 spiro atoms. The summed E-state index contributed by atoms with van der Waals surface area (Å²) in [6, 6.07) is 15.8. The highest BCUT2D eigenvalue weighted by atomic mass is 16.4. The van der Waals surface area contributed by atoms with Gasteiger partial charge >= 0.3 is 0 Å². The van der Waals surface area contributed by atoms with E-state index in [2.05, 4.69) is 20.5 Å². The van der Waals surface area contributed by atoms with E-state index in [0.717, 1.165) is 25.3 Å². The third-order valence-corrected chi connectivity index (χ3v) is 5.66. The third kappa shape index (κ3) is 3.17. The fourth-order valence-electron chi connectivity index (χ4n) is 4.20. The van der Waals surface area contributed by atoms with Crippen molar-refractivity contribution in [1.82, 2.24) is 15.2 Å². The molecule has 27 heavy (non-hydrogen) atoms. The number of carbonyl (C=O) groups is 1. The van der Waals surface area contributed by atoms with Crippen LogP contribution >= 0.6 is 0 Å². The van der Waals surface area contributed by atoms with Crippen LogP contribution in [0.25, 0.3) is 11.1 Å². The number of nitrogens with one attached hydrogen (secondary N) is 2. The molecule has 6 rings (SSSR count). The highest BCUT2D eigenvalue weighted by Crippen LogP contribution is 2.29. The summed E-state index contributed by atoms with van der Waals surface area (Å²) in [7, 11) is 0. The monoisotopic (exact) mass is 362 g/mol. The van der Waals surface area contributed by atoms with Gasteiger partial charge in [0.15, 0.2) is 5.58 Å². The van der Waals surface area contributed by atoms with Crippen LogP contribution in [0.2, 0.25) is 0 Å². The summed E-state index contributed by atoms with van der Waals surface area (Å²) in [6.45, 7) is 3.26. The van der Waals surface area contributed by atoms with Crippen LogP contribution in [0, 0.1) is 5.92 Å². The number of fused-ring (bicyclic) bond motifs is 4. The smallest absolute Gasteiger partial charge is 0.300 e. The van der Waals surface area contributed by atoms with Crippen molar-refractivity contribution in [2.75, 3.05) is 25.0 Å². The van der Waals surface area contributed by atoms with Crippen molar-refractivity contribution in [3.05, 3.63) is 54.1 Å². The lowest BCUT2D eigenvalue weighted by Crippen LogP contribution is -2.57. The molecule has 3 aromatic rings. The molecule has 1 atom stereocenters. The maximum atomic E-state index is 12.9. The summed E-state index contributed by atoms with van der Waals surface area (Å²) in [5, 5.41) is 6.38. The summed E-state index contributed by atoms with van der Waals surface area (Å²) in [4.78, 5) is 19.9. The van der Waals surface area contributed by atoms with Crippen molar-refractivity contribution in [3.63, 3.8) is 0 Å². The van der Waals surface area contributed by atoms with Gasteiger partial charge in [0.1, 0.15) is 5.52 Å². The van der Waals surface area contributed by atoms with Crippen LogP contribution in [0.5, 0.6) is 0 Å². The lowest BCUT2D eigenvalue weighted by atomic mass is 9.84. The number of hydrogen-bond donors (Lipinski definition) is 2. The van der Waals surface area contributed by atoms with Crippen LogP contribution in [-0.4, -0.2) is 41.5 Å². The number of carbonyl (C=O) groups excluding carboxylic acids is 1. The molecule has 3 fully saturated rings. The van der Waals surface area contributed by atoms with Crippen LogP contribution in [0.15, 0.2) is 52.9 Å². The minimum atomic E-state index is -0.0705. The highest BCUT2D eigenvalue weighted by molar-refractivity contribution is 6.04. The summed E-state index contributed by atoms with van der Waals surface area (Å²) in [5.41, 5.74) is 2.65. The fourth-order valence-corrected chi connectivity index (χ4v) is 4.20. The Hall–Kier alpha value is -2.86. The fraction of sp³-hybridized carbons (Fsp3) is 0.333. The van der Waals surface area contributed by atoms with Crippen molar-refractivity contribution < 1.29 is 9.21 Å². The molecule has 2 bridgehead atoms. The number of rotatable bonds is 4. The first kappa shape index (κ1) is 16.3. The first-order valence-electron chi connectivity index (χ1n) is 9.51. The van der Waals surface area contributed by atoms with E-state index in [1.807, 2.05) is 48.5 Å². The van der Waals surface area contributed by atoms with E-state index in [-0.39, 0.29) is 11.9 Å². The Kier molecular flexibility index (Phi) is 4.05. The standard InChI is InChI=1S/C21H22N4O2/c26-20(23-17-13-25-11-9-14(17)10-12-25)16-7-4-8-18-19(16)24-21(27-18)22-15-5-2-1-3-6-15/h1-8,14,17H,9-13H2,(H,22,24)(H,23,26). The number of aromatic nitrogens is 1. The molecule has 3 aliphatic rings. The Bertz CT molecular complexity index is 961. The van der Waals surface area contributed by atoms with E-state index < -0.39 is 0 Å². The van der Waals surface area contributed by atoms with Crippen LogP contribution in [0.1, 0.15) is 23.2 Å². The van der Waals surface area contributed by atoms with Gasteiger partial charge in [0.05, 0.1) is 5.56 Å². The quantitative estimate of drug-likeness (QED) is 0.744. The second-order valence-electron chi connectivity index (χ2n) is 7.38. The van der Waals surface area contributed by atoms with Crippen molar-refractivity contribution >= 4 is 28.7 Å². The minimum absolute atomic E-state index is 0.0705. The van der Waals surface area contributed by atoms with Gasteiger partial charge in [-0.2, -0.15) is 4.98 Å². The van der Waals surface area contributed by atoms with Gasteiger partial charge in [-0.3, -0.25) is 4.79 Å². The molecular formula is C21H22N4O2. The van der Waals surface area contributed by atoms with Crippen LogP contribution in [0.3, 0.4) is 0 Å². The van der Waals surface area contributed by atoms with Crippen molar-refractivity contribution in [2.24, 2.45) is 5.92 Å². The normalized spacial score (nSPS) is 24.1. The number of nitrogens with zero attached hydrogens (tertiary/aromatic N) is 2. The van der Waals surface area contributed by atoms with E-state index in [1.165, 1.54) is 12.8 Å². The maximum absolute atomic E-state index is 12.9. The highest BCUT2D eigenvalue weighted by Gasteiger charge is 2.35. The van der Waals surface area contributed by atoms with Crippen molar-refractivity contribution in [3.8, 4) is 0 Å². The number of oxazole rings is 1. The molecule has 3 aliphatic heterocycles. The zero-order valence-electron chi connectivity index (χ0n) is 15.0. The topological polar surface area (TPSA) is 70.4 Å². The van der Waals surface area contributed by atoms with E-state index in [9.17, 15) is 4.79 Å². The Morgan fingerprint density at radius 2 is 1.89 bits per heavy atom. The van der Waals surface area contributed by atoms with Gasteiger partial charge in [-0.15, -0.1) is 0 Å². The van der Waals surface area contributed by atoms with E-state index in [0.29, 0.717) is 28.6 Å². The van der Waals surface area contributed by atoms with E-state index >= 15 is 0 Å². The molecular weight excluding hydrogens is 340 g/mol. The van der Waals surface area contributed by atoms with Gasteiger partial charge in [-0.1, -0.05) is 24.3 Å². The first-order chi connectivity index (χ1) is 13.3. The number of hydrogen-bond acceptors (Lipinski definition) is 5. The largest absolute Gasteiger partial charge is 0.423 e. The van der Waals surface area contributed by atoms with Crippen LogP contribution in [0.4, 0.5) is 11.7 Å². The predicted octanol–water partition coefficient (Wildman–Crippen LogP) is 3.40. The predicted molar refractivity (Wildman–Crippen MR) is 104 cm³/mol. The molecule has 0 saturated carbocycles. The average molecular weight is 362 g/mol. The molecule has 0 aliphatic carbocycles. The number of benzene rings is 2. The zero-order valence-corrected chi connectivity index (χ0v) is 15.0. The molecule has 2 aromatic carbocycles. The lowest BCUT2D eigenvalue weighted by molar-refractivity contribution is 0.0621. The maximum Gasteiger partial charge on any atom is 0.300 e. The van der Waals surface area contributed by atoms with Crippen LogP contribution in [-0.2, 0) is 0 Å². The Balaban J connectivity index is 1.39. The molecule has 3 saturated heterocycles. The summed E-state index contributed by atoms with van der Waals surface area (Å²) in [5.74, 6) is 0.518. The molecule has 4 heterocycles. The number of piperidine rings is 3. The molecule has 138 valence electrons. The molecule has 1 unspecified atom stereocenters. The summed E-state index contributed by atoms with van der Waals surface area (Å²) >= 11 is 0. The second kappa shape index (κ2) is 6.70. The van der Waals surface area contributed by atoms with Crippen molar-refractivity contribution in [2.45, 2.75) is 18.9 Å². The van der Waals surface area contributed by atoms with Crippen molar-refractivity contribution in [1.29, 1.82) is 0 Å². The van der Waals surface area contributed by atoms with Gasteiger partial charge in [-0.25, -0.2) is 0 Å². The van der Waals surface area contributed by atoms with E-state index in [4.69, 9.17) is 4.42 Å². The molecule has 1 aromatic heterocycles. The molecule has 6 nitrogen and oxygen atoms in total. The number of para-hydroxylation sites is 2. The average Bonchev–Trinajstić information content (AvgIpc) is 3.12. The third-order valence-electron chi connectivity index (χ3n) is 5.66. The SMILES string of the molecule is O=C(NC1CN2CCC1CC2)c1cccc2oc(Nc3ccccc3)nc12. The van der Waals surface area contributed by atoms with Gasteiger partial charge in [0.25, 0.3) is 11.9 Å². The summed E-state index contributed by atoms with van der Waals surface area (Å²) < 4.78 is 5.79. The first-order valence-corrected chi connectivity index (χ1v) is 9.51. The Labute approximate surface area is 157 Å². The van der Waals surface area contributed by atoms with E-state index in [1.54, 1.807) is 0 Å². The summed E-state index contributed by atoms with van der Waals surface area (Å²) in [6.07, 6.45) is 2.34. The second-order valence-corrected chi connectivity index (χ2v) is 7.38. The zero-order chi connectivity index (χ0) is 18.2. The molecule has 2 N–H and O–H groups in total. The van der Waals surface area contributed by atoms with Gasteiger partial charge in [0.2, 0.25) is 0 Å². The van der Waals surface area contributed by atoms with Crippen LogP contribution < -0.4 is 10.6 Å². The number of amides is 1. The minimum Gasteiger partial charge on any atom is -0.423 e. The Morgan fingerprint density at radius 3 is 2.63 bits per heavy atom. The molecule has 1 amide bonds. The Morgan fingerprint density at radius 1 is 1.07 bits per heavy atom. The number of anilines is 2. The van der Waals surface area contributed by atoms with Gasteiger partial charge in [-0.05, 0) is 56.1 Å². The van der Waals surface area contributed by atoms with Gasteiger partial charge < -0.3 is 20.0 Å². The molecule has 6 heteroatoms. The van der Waals surface area contributed by atoms with Gasteiger partial charge in [0, 0.05) is 18.3 Å². The lowest BCUT2D eigenvalue weighted by Gasteiger charge is -2.44.